The van der Waals surface area contributed by atoms with Crippen LogP contribution in [0.1, 0.15) is 17.2 Å². The van der Waals surface area contributed by atoms with Gasteiger partial charge in [-0.2, -0.15) is 0 Å². The Morgan fingerprint density at radius 1 is 1.08 bits per heavy atom. The number of hydrogen-bond acceptors (Lipinski definition) is 4. The monoisotopic (exact) mass is 350 g/mol. The number of halogens is 1. The summed E-state index contributed by atoms with van der Waals surface area (Å²) in [6.45, 7) is 1.55. The van der Waals surface area contributed by atoms with E-state index >= 15 is 0 Å². The topological polar surface area (TPSA) is 78.8 Å². The lowest BCUT2D eigenvalue weighted by Crippen LogP contribution is -3.00. The third kappa shape index (κ3) is 7.00. The number of ether oxygens (including phenoxy) is 1. The zero-order valence-corrected chi connectivity index (χ0v) is 13.9. The molecule has 6 heteroatoms. The highest BCUT2D eigenvalue weighted by molar-refractivity contribution is 5.70. The SMILES string of the molecule is O=C(O)Cc1ccc(OCCNC[C@H](O)c2ccccc2)cc1.[Cl-]. The van der Waals surface area contributed by atoms with Crippen molar-refractivity contribution in [1.29, 1.82) is 0 Å². The van der Waals surface area contributed by atoms with E-state index in [4.69, 9.17) is 9.84 Å². The van der Waals surface area contributed by atoms with Crippen LogP contribution in [0, 0.1) is 0 Å². The summed E-state index contributed by atoms with van der Waals surface area (Å²) in [5, 5.41) is 21.8. The van der Waals surface area contributed by atoms with Crippen LogP contribution >= 0.6 is 0 Å². The first-order valence-corrected chi connectivity index (χ1v) is 7.52. The van der Waals surface area contributed by atoms with Crippen LogP contribution in [0.15, 0.2) is 54.6 Å². The maximum absolute atomic E-state index is 10.6. The molecule has 0 aliphatic rings. The van der Waals surface area contributed by atoms with E-state index in [1.54, 1.807) is 24.3 Å². The van der Waals surface area contributed by atoms with Gasteiger partial charge in [0.2, 0.25) is 0 Å². The van der Waals surface area contributed by atoms with E-state index in [0.29, 0.717) is 25.4 Å². The van der Waals surface area contributed by atoms with Gasteiger partial charge in [-0.1, -0.05) is 42.5 Å². The lowest BCUT2D eigenvalue weighted by molar-refractivity contribution is -0.136. The molecule has 24 heavy (non-hydrogen) atoms. The summed E-state index contributed by atoms with van der Waals surface area (Å²) in [5.74, 6) is -0.149. The number of aliphatic hydroxyl groups is 1. The number of hydrogen-bond donors (Lipinski definition) is 3. The number of carboxylic acids is 1. The summed E-state index contributed by atoms with van der Waals surface area (Å²) < 4.78 is 5.56. The van der Waals surface area contributed by atoms with Crippen molar-refractivity contribution in [3.05, 3.63) is 65.7 Å². The molecule has 0 saturated carbocycles. The highest BCUT2D eigenvalue weighted by Gasteiger charge is 2.05. The summed E-state index contributed by atoms with van der Waals surface area (Å²) in [7, 11) is 0. The zero-order valence-electron chi connectivity index (χ0n) is 13.2. The first-order chi connectivity index (χ1) is 11.1. The average molecular weight is 351 g/mol. The number of aliphatic hydroxyl groups excluding tert-OH is 1. The number of rotatable bonds is 9. The van der Waals surface area contributed by atoms with E-state index in [0.717, 1.165) is 11.1 Å². The lowest BCUT2D eigenvalue weighted by Gasteiger charge is -2.12. The fraction of sp³-hybridized carbons (Fsp3) is 0.278. The van der Waals surface area contributed by atoms with E-state index in [9.17, 15) is 9.90 Å². The van der Waals surface area contributed by atoms with Gasteiger partial charge >= 0.3 is 5.97 Å². The summed E-state index contributed by atoms with van der Waals surface area (Å²) in [5.41, 5.74) is 1.63. The molecule has 1 atom stereocenters. The second-order valence-corrected chi connectivity index (χ2v) is 5.19. The van der Waals surface area contributed by atoms with Gasteiger partial charge in [-0.3, -0.25) is 4.79 Å². The summed E-state index contributed by atoms with van der Waals surface area (Å²) in [4.78, 5) is 10.6. The molecule has 0 heterocycles. The molecule has 0 saturated heterocycles. The molecule has 0 spiro atoms. The van der Waals surface area contributed by atoms with Crippen molar-refractivity contribution in [3.8, 4) is 5.75 Å². The van der Waals surface area contributed by atoms with Crippen molar-refractivity contribution in [2.24, 2.45) is 0 Å². The predicted molar refractivity (Wildman–Crippen MR) is 87.5 cm³/mol. The maximum atomic E-state index is 10.6. The van der Waals surface area contributed by atoms with E-state index in [-0.39, 0.29) is 18.8 Å². The van der Waals surface area contributed by atoms with Gasteiger partial charge < -0.3 is 32.7 Å². The van der Waals surface area contributed by atoms with Gasteiger partial charge in [0, 0.05) is 13.1 Å². The van der Waals surface area contributed by atoms with Crippen LogP contribution in [0.4, 0.5) is 0 Å². The van der Waals surface area contributed by atoms with Crippen LogP contribution in [-0.4, -0.2) is 35.9 Å². The summed E-state index contributed by atoms with van der Waals surface area (Å²) >= 11 is 0. The van der Waals surface area contributed by atoms with Crippen LogP contribution in [-0.2, 0) is 11.2 Å². The molecule has 3 N–H and O–H groups in total. The third-order valence-corrected chi connectivity index (χ3v) is 3.35. The van der Waals surface area contributed by atoms with Gasteiger partial charge in [-0.15, -0.1) is 0 Å². The second kappa shape index (κ2) is 10.6. The summed E-state index contributed by atoms with van der Waals surface area (Å²) in [6, 6.07) is 16.5. The Hall–Kier alpha value is -2.08. The fourth-order valence-corrected chi connectivity index (χ4v) is 2.15. The first-order valence-electron chi connectivity index (χ1n) is 7.52. The molecule has 0 unspecified atom stereocenters. The highest BCUT2D eigenvalue weighted by atomic mass is 35.5. The molecule has 0 bridgehead atoms. The third-order valence-electron chi connectivity index (χ3n) is 3.35. The molecule has 0 aliphatic heterocycles. The normalized spacial score (nSPS) is 11.4. The number of nitrogens with one attached hydrogen (secondary N) is 1. The first kappa shape index (κ1) is 20.0. The van der Waals surface area contributed by atoms with E-state index in [1.807, 2.05) is 30.3 Å². The second-order valence-electron chi connectivity index (χ2n) is 5.19. The standard InChI is InChI=1S/C18H21NO4.ClH/c20-17(15-4-2-1-3-5-15)13-19-10-11-23-16-8-6-14(7-9-16)12-18(21)22;/h1-9,17,19-20H,10-13H2,(H,21,22);1H/p-1/t17-;/m0./s1. The van der Waals surface area contributed by atoms with E-state index < -0.39 is 12.1 Å². The van der Waals surface area contributed by atoms with Crippen LogP contribution in [0.2, 0.25) is 0 Å². The molecular formula is C18H21ClNO4-. The predicted octanol–water partition coefficient (Wildman–Crippen LogP) is -0.980. The molecule has 2 aromatic carbocycles. The number of benzene rings is 2. The molecule has 0 fully saturated rings. The van der Waals surface area contributed by atoms with Crippen LogP contribution < -0.4 is 22.5 Å². The maximum Gasteiger partial charge on any atom is 0.307 e. The van der Waals surface area contributed by atoms with Crippen molar-refractivity contribution in [3.63, 3.8) is 0 Å². The Balaban J connectivity index is 0.00000288. The van der Waals surface area contributed by atoms with Crippen LogP contribution in [0.3, 0.4) is 0 Å². The van der Waals surface area contributed by atoms with Crippen molar-refractivity contribution >= 4 is 5.97 Å². The fourth-order valence-electron chi connectivity index (χ4n) is 2.15. The number of carboxylic acid groups (broad SMARTS) is 1. The van der Waals surface area contributed by atoms with Crippen molar-refractivity contribution in [2.45, 2.75) is 12.5 Å². The van der Waals surface area contributed by atoms with Gasteiger partial charge in [-0.25, -0.2) is 0 Å². The molecule has 0 amide bonds. The largest absolute Gasteiger partial charge is 1.00 e. The number of carbonyl (C=O) groups is 1. The molecule has 0 radical (unpaired) electrons. The quantitative estimate of drug-likeness (QED) is 0.507. The Morgan fingerprint density at radius 3 is 2.38 bits per heavy atom. The molecule has 2 rings (SSSR count). The minimum absolute atomic E-state index is 0. The minimum Gasteiger partial charge on any atom is -1.00 e. The molecule has 2 aromatic rings. The smallest absolute Gasteiger partial charge is 0.307 e. The number of aliphatic carboxylic acids is 1. The van der Waals surface area contributed by atoms with Crippen LogP contribution in [0.25, 0.3) is 0 Å². The Bertz CT molecular complexity index is 604. The molecular weight excluding hydrogens is 330 g/mol. The molecule has 5 nitrogen and oxygen atoms in total. The van der Waals surface area contributed by atoms with Gasteiger partial charge in [-0.05, 0) is 23.3 Å². The van der Waals surface area contributed by atoms with Crippen molar-refractivity contribution in [1.82, 2.24) is 5.32 Å². The van der Waals surface area contributed by atoms with Gasteiger partial charge in [0.25, 0.3) is 0 Å². The van der Waals surface area contributed by atoms with E-state index in [2.05, 4.69) is 5.32 Å². The highest BCUT2D eigenvalue weighted by Crippen LogP contribution is 2.13. The molecule has 0 aromatic heterocycles. The van der Waals surface area contributed by atoms with E-state index in [1.165, 1.54) is 0 Å². The zero-order chi connectivity index (χ0) is 16.5. The molecule has 0 aliphatic carbocycles. The van der Waals surface area contributed by atoms with Crippen molar-refractivity contribution < 1.29 is 32.2 Å². The minimum atomic E-state index is -0.847. The Labute approximate surface area is 147 Å². The lowest BCUT2D eigenvalue weighted by atomic mass is 10.1. The summed E-state index contributed by atoms with van der Waals surface area (Å²) in [6.07, 6.45) is -0.523. The van der Waals surface area contributed by atoms with Crippen molar-refractivity contribution in [2.75, 3.05) is 19.7 Å². The van der Waals surface area contributed by atoms with Gasteiger partial charge in [0.05, 0.1) is 12.5 Å². The van der Waals surface area contributed by atoms with Crippen LogP contribution in [0.5, 0.6) is 5.75 Å². The van der Waals surface area contributed by atoms with Gasteiger partial charge in [0.15, 0.2) is 0 Å². The van der Waals surface area contributed by atoms with Gasteiger partial charge in [0.1, 0.15) is 12.4 Å². The molecule has 130 valence electrons. The average Bonchev–Trinajstić information content (AvgIpc) is 2.56. The Kier molecular flexibility index (Phi) is 8.86. The Morgan fingerprint density at radius 2 is 1.75 bits per heavy atom.